The predicted octanol–water partition coefficient (Wildman–Crippen LogP) is 4.27. The van der Waals surface area contributed by atoms with Crippen molar-refractivity contribution >= 4 is 6.03 Å². The normalized spacial score (nSPS) is 19.5. The van der Waals surface area contributed by atoms with Crippen LogP contribution < -0.4 is 0 Å². The molecule has 112 valence electrons. The topological polar surface area (TPSA) is 23.6 Å². The Hall–Kier alpha value is -0.730. The van der Waals surface area contributed by atoms with Crippen molar-refractivity contribution in [3.8, 4) is 0 Å². The second kappa shape index (κ2) is 9.22. The quantitative estimate of drug-likeness (QED) is 0.543. The van der Waals surface area contributed by atoms with E-state index in [1.165, 1.54) is 38.5 Å². The number of amides is 2. The third-order valence-electron chi connectivity index (χ3n) is 4.07. The minimum Gasteiger partial charge on any atom is -0.323 e. The molecular weight excluding hydrogens is 236 g/mol. The summed E-state index contributed by atoms with van der Waals surface area (Å²) in [6, 6.07) is 0.681. The summed E-state index contributed by atoms with van der Waals surface area (Å²) in [6.45, 7) is 9.46. The van der Waals surface area contributed by atoms with Gasteiger partial charge in [0.15, 0.2) is 0 Å². The maximum atomic E-state index is 12.3. The van der Waals surface area contributed by atoms with E-state index in [-0.39, 0.29) is 6.03 Å². The molecule has 1 unspecified atom stereocenters. The molecule has 0 aromatic rings. The third kappa shape index (κ3) is 5.42. The van der Waals surface area contributed by atoms with Crippen molar-refractivity contribution < 1.29 is 4.79 Å². The Morgan fingerprint density at radius 1 is 0.947 bits per heavy atom. The zero-order valence-corrected chi connectivity index (χ0v) is 13.2. The standard InChI is InChI=1S/C16H32N2O/c1-4-6-8-10-12-17-14-15(3)18(16(17)19)13-11-9-7-5-2/h15H,4-14H2,1-3H3. The SMILES string of the molecule is CCCCCCN1CC(C)N(CCCCCC)C1=O. The van der Waals surface area contributed by atoms with Gasteiger partial charge < -0.3 is 9.80 Å². The van der Waals surface area contributed by atoms with Crippen LogP contribution >= 0.6 is 0 Å². The highest BCUT2D eigenvalue weighted by molar-refractivity contribution is 5.77. The van der Waals surface area contributed by atoms with Crippen molar-refractivity contribution in [3.05, 3.63) is 0 Å². The van der Waals surface area contributed by atoms with Gasteiger partial charge in [0.2, 0.25) is 0 Å². The Morgan fingerprint density at radius 3 is 2.11 bits per heavy atom. The number of urea groups is 1. The van der Waals surface area contributed by atoms with Crippen molar-refractivity contribution in [2.75, 3.05) is 19.6 Å². The molecule has 0 spiro atoms. The van der Waals surface area contributed by atoms with Crippen LogP contribution in [0.1, 0.15) is 72.1 Å². The first-order valence-corrected chi connectivity index (χ1v) is 8.26. The fourth-order valence-electron chi connectivity index (χ4n) is 2.81. The molecule has 1 aliphatic rings. The monoisotopic (exact) mass is 268 g/mol. The number of hydrogen-bond donors (Lipinski definition) is 0. The largest absolute Gasteiger partial charge is 0.323 e. The molecule has 2 amide bonds. The molecule has 1 heterocycles. The molecule has 0 saturated carbocycles. The molecule has 19 heavy (non-hydrogen) atoms. The Morgan fingerprint density at radius 2 is 1.53 bits per heavy atom. The summed E-state index contributed by atoms with van der Waals surface area (Å²) in [4.78, 5) is 16.4. The molecule has 1 atom stereocenters. The Labute approximate surface area is 119 Å². The second-order valence-corrected chi connectivity index (χ2v) is 5.89. The van der Waals surface area contributed by atoms with E-state index in [1.54, 1.807) is 0 Å². The van der Waals surface area contributed by atoms with Crippen LogP contribution in [0.5, 0.6) is 0 Å². The number of unbranched alkanes of at least 4 members (excludes halogenated alkanes) is 6. The average molecular weight is 268 g/mol. The minimum absolute atomic E-state index is 0.278. The molecular formula is C16H32N2O. The summed E-state index contributed by atoms with van der Waals surface area (Å²) in [6.07, 6.45) is 9.93. The molecule has 1 fully saturated rings. The van der Waals surface area contributed by atoms with Crippen molar-refractivity contribution in [2.45, 2.75) is 78.2 Å². The van der Waals surface area contributed by atoms with Crippen LogP contribution in [-0.2, 0) is 0 Å². The zero-order valence-electron chi connectivity index (χ0n) is 13.2. The van der Waals surface area contributed by atoms with Gasteiger partial charge in [-0.2, -0.15) is 0 Å². The van der Waals surface area contributed by atoms with E-state index in [0.717, 1.165) is 32.5 Å². The van der Waals surface area contributed by atoms with Crippen LogP contribution in [0.3, 0.4) is 0 Å². The highest BCUT2D eigenvalue weighted by Crippen LogP contribution is 2.18. The van der Waals surface area contributed by atoms with Gasteiger partial charge in [-0.05, 0) is 19.8 Å². The molecule has 1 aliphatic heterocycles. The van der Waals surface area contributed by atoms with Crippen molar-refractivity contribution in [1.82, 2.24) is 9.80 Å². The van der Waals surface area contributed by atoms with Gasteiger partial charge in [-0.3, -0.25) is 0 Å². The van der Waals surface area contributed by atoms with Gasteiger partial charge in [-0.1, -0.05) is 52.4 Å². The zero-order chi connectivity index (χ0) is 14.1. The Bertz CT molecular complexity index is 255. The highest BCUT2D eigenvalue weighted by atomic mass is 16.2. The molecule has 3 nitrogen and oxygen atoms in total. The fourth-order valence-corrected chi connectivity index (χ4v) is 2.81. The lowest BCUT2D eigenvalue weighted by molar-refractivity contribution is 0.186. The summed E-state index contributed by atoms with van der Waals surface area (Å²) < 4.78 is 0. The minimum atomic E-state index is 0.278. The first-order chi connectivity index (χ1) is 9.20. The summed E-state index contributed by atoms with van der Waals surface area (Å²) in [5.74, 6) is 0. The predicted molar refractivity (Wildman–Crippen MR) is 81.4 cm³/mol. The maximum Gasteiger partial charge on any atom is 0.320 e. The van der Waals surface area contributed by atoms with Crippen molar-refractivity contribution in [3.63, 3.8) is 0 Å². The van der Waals surface area contributed by atoms with E-state index in [1.807, 2.05) is 0 Å². The second-order valence-electron chi connectivity index (χ2n) is 5.89. The highest BCUT2D eigenvalue weighted by Gasteiger charge is 2.33. The van der Waals surface area contributed by atoms with Crippen LogP contribution in [0, 0.1) is 0 Å². The van der Waals surface area contributed by atoms with E-state index in [2.05, 4.69) is 30.6 Å². The lowest BCUT2D eigenvalue weighted by Crippen LogP contribution is -2.35. The number of nitrogens with zero attached hydrogens (tertiary/aromatic N) is 2. The van der Waals surface area contributed by atoms with Crippen molar-refractivity contribution in [1.29, 1.82) is 0 Å². The Balaban J connectivity index is 2.25. The van der Waals surface area contributed by atoms with Crippen LogP contribution in [0.25, 0.3) is 0 Å². The van der Waals surface area contributed by atoms with Gasteiger partial charge in [-0.15, -0.1) is 0 Å². The average Bonchev–Trinajstić information content (AvgIpc) is 2.67. The van der Waals surface area contributed by atoms with Gasteiger partial charge in [0, 0.05) is 25.7 Å². The van der Waals surface area contributed by atoms with E-state index in [9.17, 15) is 4.79 Å². The van der Waals surface area contributed by atoms with E-state index >= 15 is 0 Å². The van der Waals surface area contributed by atoms with Gasteiger partial charge >= 0.3 is 6.03 Å². The molecule has 0 N–H and O–H groups in total. The molecule has 0 aliphatic carbocycles. The van der Waals surface area contributed by atoms with E-state index in [0.29, 0.717) is 6.04 Å². The van der Waals surface area contributed by atoms with Gasteiger partial charge in [0.05, 0.1) is 0 Å². The smallest absolute Gasteiger partial charge is 0.320 e. The fraction of sp³-hybridized carbons (Fsp3) is 0.938. The van der Waals surface area contributed by atoms with Crippen LogP contribution in [0.15, 0.2) is 0 Å². The van der Waals surface area contributed by atoms with Gasteiger partial charge in [-0.25, -0.2) is 4.79 Å². The lowest BCUT2D eigenvalue weighted by Gasteiger charge is -2.20. The molecule has 0 radical (unpaired) electrons. The third-order valence-corrected chi connectivity index (χ3v) is 4.07. The molecule has 1 saturated heterocycles. The van der Waals surface area contributed by atoms with E-state index < -0.39 is 0 Å². The van der Waals surface area contributed by atoms with Gasteiger partial charge in [0.25, 0.3) is 0 Å². The number of rotatable bonds is 10. The first-order valence-electron chi connectivity index (χ1n) is 8.26. The Kier molecular flexibility index (Phi) is 7.92. The number of carbonyl (C=O) groups is 1. The molecule has 3 heteroatoms. The van der Waals surface area contributed by atoms with E-state index in [4.69, 9.17) is 0 Å². The molecule has 0 aromatic heterocycles. The van der Waals surface area contributed by atoms with Crippen LogP contribution in [0.4, 0.5) is 4.79 Å². The van der Waals surface area contributed by atoms with Crippen molar-refractivity contribution in [2.24, 2.45) is 0 Å². The molecule has 0 aromatic carbocycles. The maximum absolute atomic E-state index is 12.3. The van der Waals surface area contributed by atoms with Crippen LogP contribution in [0.2, 0.25) is 0 Å². The molecule has 1 rings (SSSR count). The summed E-state index contributed by atoms with van der Waals surface area (Å²) in [7, 11) is 0. The first kappa shape index (κ1) is 16.3. The summed E-state index contributed by atoms with van der Waals surface area (Å²) in [5.41, 5.74) is 0. The van der Waals surface area contributed by atoms with Gasteiger partial charge in [0.1, 0.15) is 0 Å². The summed E-state index contributed by atoms with van der Waals surface area (Å²) in [5, 5.41) is 0. The lowest BCUT2D eigenvalue weighted by atomic mass is 10.2. The summed E-state index contributed by atoms with van der Waals surface area (Å²) >= 11 is 0. The number of carbonyl (C=O) groups excluding carboxylic acids is 1. The molecule has 0 bridgehead atoms. The number of hydrogen-bond acceptors (Lipinski definition) is 1. The van der Waals surface area contributed by atoms with Crippen LogP contribution in [-0.4, -0.2) is 41.5 Å².